The van der Waals surface area contributed by atoms with Gasteiger partial charge in [0.05, 0.1) is 12.0 Å². The molecule has 5 nitrogen and oxygen atoms in total. The first-order valence-corrected chi connectivity index (χ1v) is 4.26. The third-order valence-corrected chi connectivity index (χ3v) is 1.48. The van der Waals surface area contributed by atoms with Gasteiger partial charge in [-0.1, -0.05) is 12.1 Å². The van der Waals surface area contributed by atoms with Crippen molar-refractivity contribution in [3.8, 4) is 5.75 Å². The van der Waals surface area contributed by atoms with Crippen LogP contribution in [0.15, 0.2) is 30.5 Å². The maximum atomic E-state index is 10.0. The van der Waals surface area contributed by atoms with E-state index in [0.717, 1.165) is 11.8 Å². The van der Waals surface area contributed by atoms with Crippen LogP contribution in [0.1, 0.15) is 5.56 Å². The lowest BCUT2D eigenvalue weighted by atomic mass is 10.2. The minimum atomic E-state index is -0.501. The molecular weight excluding hydrogens is 196 g/mol. The van der Waals surface area contributed by atoms with Crippen LogP contribution in [0.25, 0.3) is 6.08 Å². The van der Waals surface area contributed by atoms with E-state index in [4.69, 9.17) is 4.74 Å². The normalized spacial score (nSPS) is 9.27. The minimum Gasteiger partial charge on any atom is -0.497 e. The molecule has 0 amide bonds. The standard InChI is InChI=1S/C9H9NO3.CH5N/c1-13-9-4-2-3-8(7-9)5-6-10(11)12;1-2/h2-7H,1H3;2H2,1H3. The zero-order chi connectivity index (χ0) is 11.7. The van der Waals surface area contributed by atoms with E-state index >= 15 is 0 Å². The number of nitro groups is 1. The van der Waals surface area contributed by atoms with Crippen molar-refractivity contribution in [2.45, 2.75) is 0 Å². The predicted molar refractivity (Wildman–Crippen MR) is 59.1 cm³/mol. The Hall–Kier alpha value is -1.88. The van der Waals surface area contributed by atoms with E-state index in [2.05, 4.69) is 5.73 Å². The topological polar surface area (TPSA) is 78.4 Å². The summed E-state index contributed by atoms with van der Waals surface area (Å²) in [7, 11) is 3.05. The van der Waals surface area contributed by atoms with Crippen LogP contribution in [0.4, 0.5) is 0 Å². The molecule has 0 aliphatic heterocycles. The van der Waals surface area contributed by atoms with Gasteiger partial charge < -0.3 is 10.5 Å². The van der Waals surface area contributed by atoms with Gasteiger partial charge >= 0.3 is 0 Å². The van der Waals surface area contributed by atoms with Crippen molar-refractivity contribution >= 4 is 6.08 Å². The van der Waals surface area contributed by atoms with E-state index in [-0.39, 0.29) is 0 Å². The molecule has 0 spiro atoms. The second-order valence-electron chi connectivity index (χ2n) is 2.38. The van der Waals surface area contributed by atoms with Crippen molar-refractivity contribution in [2.24, 2.45) is 5.73 Å². The summed E-state index contributed by atoms with van der Waals surface area (Å²) >= 11 is 0. The van der Waals surface area contributed by atoms with Gasteiger partial charge in [-0.2, -0.15) is 0 Å². The van der Waals surface area contributed by atoms with Crippen LogP contribution in [-0.4, -0.2) is 19.1 Å². The maximum Gasteiger partial charge on any atom is 0.235 e. The molecule has 0 aliphatic carbocycles. The van der Waals surface area contributed by atoms with E-state index in [1.54, 1.807) is 31.4 Å². The Bertz CT molecular complexity index is 337. The number of nitrogens with two attached hydrogens (primary N) is 1. The largest absolute Gasteiger partial charge is 0.497 e. The predicted octanol–water partition coefficient (Wildman–Crippen LogP) is 1.52. The summed E-state index contributed by atoms with van der Waals surface area (Å²) in [5.74, 6) is 0.686. The fraction of sp³-hybridized carbons (Fsp3) is 0.200. The number of methoxy groups -OCH3 is 1. The van der Waals surface area contributed by atoms with E-state index in [0.29, 0.717) is 5.75 Å². The molecule has 0 atom stereocenters. The molecule has 0 fully saturated rings. The molecule has 0 aliphatic rings. The van der Waals surface area contributed by atoms with E-state index in [1.807, 2.05) is 0 Å². The number of rotatable bonds is 3. The molecule has 1 aromatic rings. The van der Waals surface area contributed by atoms with Gasteiger partial charge in [-0.25, -0.2) is 0 Å². The summed E-state index contributed by atoms with van der Waals surface area (Å²) < 4.78 is 4.96. The SMILES string of the molecule is CN.COc1cccc(C=C[N+](=O)[O-])c1. The first-order valence-electron chi connectivity index (χ1n) is 4.26. The Balaban J connectivity index is 0.000000921. The smallest absolute Gasteiger partial charge is 0.235 e. The summed E-state index contributed by atoms with van der Waals surface area (Å²) in [4.78, 5) is 9.51. The summed E-state index contributed by atoms with van der Waals surface area (Å²) in [5, 5.41) is 10.0. The van der Waals surface area contributed by atoms with Gasteiger partial charge in [-0.3, -0.25) is 10.1 Å². The Morgan fingerprint density at radius 3 is 2.67 bits per heavy atom. The molecule has 2 N–H and O–H groups in total. The van der Waals surface area contributed by atoms with Crippen LogP contribution in [0, 0.1) is 10.1 Å². The van der Waals surface area contributed by atoms with Gasteiger partial charge in [0.25, 0.3) is 0 Å². The third kappa shape index (κ3) is 5.43. The number of ether oxygens (including phenoxy) is 1. The molecule has 1 rings (SSSR count). The highest BCUT2D eigenvalue weighted by atomic mass is 16.6. The highest BCUT2D eigenvalue weighted by molar-refractivity contribution is 5.50. The van der Waals surface area contributed by atoms with Crippen LogP contribution in [0.5, 0.6) is 5.75 Å². The van der Waals surface area contributed by atoms with Gasteiger partial charge in [0.1, 0.15) is 5.75 Å². The third-order valence-electron chi connectivity index (χ3n) is 1.48. The zero-order valence-electron chi connectivity index (χ0n) is 8.71. The van der Waals surface area contributed by atoms with Gasteiger partial charge in [0.15, 0.2) is 0 Å². The molecule has 82 valence electrons. The lowest BCUT2D eigenvalue weighted by Gasteiger charge is -1.98. The molecule has 0 heterocycles. The van der Waals surface area contributed by atoms with Crippen LogP contribution < -0.4 is 10.5 Å². The molecule has 0 radical (unpaired) electrons. The van der Waals surface area contributed by atoms with Gasteiger partial charge in [0, 0.05) is 6.08 Å². The van der Waals surface area contributed by atoms with Crippen LogP contribution >= 0.6 is 0 Å². The van der Waals surface area contributed by atoms with Crippen LogP contribution in [0.3, 0.4) is 0 Å². The molecule has 1 aromatic carbocycles. The fourth-order valence-corrected chi connectivity index (χ4v) is 0.892. The maximum absolute atomic E-state index is 10.0. The van der Waals surface area contributed by atoms with Crippen molar-refractivity contribution in [1.82, 2.24) is 0 Å². The first kappa shape index (κ1) is 13.1. The van der Waals surface area contributed by atoms with Crippen molar-refractivity contribution in [2.75, 3.05) is 14.2 Å². The van der Waals surface area contributed by atoms with E-state index < -0.39 is 4.92 Å². The number of benzene rings is 1. The summed E-state index contributed by atoms with van der Waals surface area (Å²) in [6.45, 7) is 0. The quantitative estimate of drug-likeness (QED) is 0.606. The summed E-state index contributed by atoms with van der Waals surface area (Å²) in [6.07, 6.45) is 2.32. The molecular formula is C10H14N2O3. The molecule has 0 saturated heterocycles. The molecule has 0 aromatic heterocycles. The second kappa shape index (κ2) is 7.52. The van der Waals surface area contributed by atoms with Crippen molar-refractivity contribution in [3.63, 3.8) is 0 Å². The highest BCUT2D eigenvalue weighted by Crippen LogP contribution is 2.13. The van der Waals surface area contributed by atoms with Gasteiger partial charge in [-0.15, -0.1) is 0 Å². The summed E-state index contributed by atoms with van der Waals surface area (Å²) in [6, 6.07) is 7.05. The van der Waals surface area contributed by atoms with Crippen molar-refractivity contribution < 1.29 is 9.66 Å². The van der Waals surface area contributed by atoms with Gasteiger partial charge in [-0.05, 0) is 24.7 Å². The molecule has 0 bridgehead atoms. The number of nitrogens with zero attached hydrogens (tertiary/aromatic N) is 1. The Labute approximate surface area is 88.3 Å². The van der Waals surface area contributed by atoms with E-state index in [9.17, 15) is 10.1 Å². The minimum absolute atomic E-state index is 0.501. The molecule has 0 unspecified atom stereocenters. The number of hydrogen-bond donors (Lipinski definition) is 1. The molecule has 5 heteroatoms. The Kier molecular flexibility index (Phi) is 6.57. The average Bonchev–Trinajstić information content (AvgIpc) is 2.29. The summed E-state index contributed by atoms with van der Waals surface area (Å²) in [5.41, 5.74) is 5.25. The highest BCUT2D eigenvalue weighted by Gasteiger charge is 1.93. The number of hydrogen-bond acceptors (Lipinski definition) is 4. The Morgan fingerprint density at radius 2 is 2.13 bits per heavy atom. The first-order chi connectivity index (χ1) is 7.22. The van der Waals surface area contributed by atoms with Crippen LogP contribution in [0.2, 0.25) is 0 Å². The monoisotopic (exact) mass is 210 g/mol. The van der Waals surface area contributed by atoms with E-state index in [1.165, 1.54) is 13.1 Å². The van der Waals surface area contributed by atoms with Crippen molar-refractivity contribution in [1.29, 1.82) is 0 Å². The van der Waals surface area contributed by atoms with Crippen LogP contribution in [-0.2, 0) is 0 Å². The van der Waals surface area contributed by atoms with Crippen molar-refractivity contribution in [3.05, 3.63) is 46.1 Å². The van der Waals surface area contributed by atoms with Gasteiger partial charge in [0.2, 0.25) is 6.20 Å². The lowest BCUT2D eigenvalue weighted by molar-refractivity contribution is -0.400. The zero-order valence-corrected chi connectivity index (χ0v) is 8.71. The average molecular weight is 210 g/mol. The Morgan fingerprint density at radius 1 is 1.47 bits per heavy atom. The second-order valence-corrected chi connectivity index (χ2v) is 2.38. The lowest BCUT2D eigenvalue weighted by Crippen LogP contribution is -1.84. The molecule has 0 saturated carbocycles. The fourth-order valence-electron chi connectivity index (χ4n) is 0.892. The molecule has 15 heavy (non-hydrogen) atoms.